The smallest absolute Gasteiger partial charge is 0.230 e. The van der Waals surface area contributed by atoms with E-state index in [1.165, 1.54) is 12.5 Å². The highest BCUT2D eigenvalue weighted by atomic mass is 79.9. The molecule has 0 saturated heterocycles. The predicted molar refractivity (Wildman–Crippen MR) is 119 cm³/mol. The zero-order valence-corrected chi connectivity index (χ0v) is 19.1. The second-order valence-corrected chi connectivity index (χ2v) is 10.6. The van der Waals surface area contributed by atoms with Gasteiger partial charge in [-0.15, -0.1) is 5.10 Å². The number of hydrogen-bond acceptors (Lipinski definition) is 4. The molecule has 0 aliphatic heterocycles. The number of anilines is 1. The summed E-state index contributed by atoms with van der Waals surface area (Å²) in [6, 6.07) is 6.66. The van der Waals surface area contributed by atoms with Gasteiger partial charge in [0, 0.05) is 11.8 Å². The van der Waals surface area contributed by atoms with Gasteiger partial charge < -0.3 is 5.32 Å². The summed E-state index contributed by atoms with van der Waals surface area (Å²) in [5, 5.41) is 12.0. The van der Waals surface area contributed by atoms with E-state index in [4.69, 9.17) is 0 Å². The van der Waals surface area contributed by atoms with Crippen molar-refractivity contribution >= 4 is 27.5 Å². The van der Waals surface area contributed by atoms with Crippen molar-refractivity contribution in [3.8, 4) is 0 Å². The van der Waals surface area contributed by atoms with Crippen molar-refractivity contribution in [1.29, 1.82) is 0 Å². The molecule has 2 heterocycles. The zero-order chi connectivity index (χ0) is 21.9. The van der Waals surface area contributed by atoms with Gasteiger partial charge in [0.25, 0.3) is 0 Å². The van der Waals surface area contributed by atoms with Crippen LogP contribution >= 0.6 is 15.9 Å². The summed E-state index contributed by atoms with van der Waals surface area (Å²) in [7, 11) is 0. The SMILES string of the molecule is O=C(Nc1cnn(Cc2ccccc2F)c1)C12CC3CC(C1)CC(n1cnc(Br)n1)(C3)C2. The van der Waals surface area contributed by atoms with Gasteiger partial charge in [0.05, 0.1) is 29.4 Å². The summed E-state index contributed by atoms with van der Waals surface area (Å²) in [6.45, 7) is 0.322. The third kappa shape index (κ3) is 3.29. The Bertz CT molecular complexity index is 1170. The first-order chi connectivity index (χ1) is 15.4. The maximum atomic E-state index is 14.0. The molecule has 2 atom stereocenters. The van der Waals surface area contributed by atoms with Gasteiger partial charge in [-0.05, 0) is 72.4 Å². The highest BCUT2D eigenvalue weighted by Crippen LogP contribution is 2.64. The molecule has 0 spiro atoms. The normalized spacial score (nSPS) is 30.6. The van der Waals surface area contributed by atoms with Crippen LogP contribution in [0.15, 0.2) is 47.7 Å². The maximum Gasteiger partial charge on any atom is 0.230 e. The number of aromatic nitrogens is 5. The molecule has 4 bridgehead atoms. The van der Waals surface area contributed by atoms with Crippen LogP contribution < -0.4 is 5.32 Å². The first-order valence-corrected chi connectivity index (χ1v) is 11.9. The summed E-state index contributed by atoms with van der Waals surface area (Å²) in [5.74, 6) is 0.885. The van der Waals surface area contributed by atoms with E-state index in [2.05, 4.69) is 36.4 Å². The third-order valence-electron chi connectivity index (χ3n) is 7.64. The Morgan fingerprint density at radius 2 is 2.00 bits per heavy atom. The number of carbonyl (C=O) groups excluding carboxylic acids is 1. The minimum Gasteiger partial charge on any atom is -0.323 e. The molecular weight excluding hydrogens is 475 g/mol. The Balaban J connectivity index is 1.22. The van der Waals surface area contributed by atoms with E-state index >= 15 is 0 Å². The fourth-order valence-electron chi connectivity index (χ4n) is 6.80. The van der Waals surface area contributed by atoms with Crippen molar-refractivity contribution in [3.63, 3.8) is 0 Å². The zero-order valence-electron chi connectivity index (χ0n) is 17.5. The van der Waals surface area contributed by atoms with Crippen LogP contribution in [0.1, 0.15) is 44.1 Å². The lowest BCUT2D eigenvalue weighted by atomic mass is 9.46. The van der Waals surface area contributed by atoms with Gasteiger partial charge in [-0.25, -0.2) is 14.1 Å². The molecule has 2 aromatic heterocycles. The molecule has 32 heavy (non-hydrogen) atoms. The lowest BCUT2D eigenvalue weighted by molar-refractivity contribution is -0.150. The highest BCUT2D eigenvalue weighted by Gasteiger charge is 2.61. The Morgan fingerprint density at radius 1 is 1.22 bits per heavy atom. The largest absolute Gasteiger partial charge is 0.323 e. The fourth-order valence-corrected chi connectivity index (χ4v) is 7.06. The van der Waals surface area contributed by atoms with E-state index in [0.29, 0.717) is 34.4 Å². The second-order valence-electron chi connectivity index (χ2n) is 9.90. The average molecular weight is 499 g/mol. The molecule has 1 amide bonds. The molecule has 7 nitrogen and oxygen atoms in total. The predicted octanol–water partition coefficient (Wildman–Crippen LogP) is 4.36. The summed E-state index contributed by atoms with van der Waals surface area (Å²) in [6.07, 6.45) is 11.2. The first-order valence-electron chi connectivity index (χ1n) is 11.1. The van der Waals surface area contributed by atoms with Crippen LogP contribution in [0.5, 0.6) is 0 Å². The van der Waals surface area contributed by atoms with Crippen LogP contribution in [-0.2, 0) is 16.9 Å². The number of benzene rings is 1. The van der Waals surface area contributed by atoms with Crippen LogP contribution in [0.3, 0.4) is 0 Å². The molecule has 3 aromatic rings. The summed E-state index contributed by atoms with van der Waals surface area (Å²) in [5.41, 5.74) is 0.695. The van der Waals surface area contributed by atoms with E-state index in [1.54, 1.807) is 41.6 Å². The molecule has 2 unspecified atom stereocenters. The van der Waals surface area contributed by atoms with Crippen molar-refractivity contribution in [2.45, 2.75) is 50.6 Å². The number of nitrogens with zero attached hydrogens (tertiary/aromatic N) is 5. The molecule has 4 saturated carbocycles. The first kappa shape index (κ1) is 20.1. The van der Waals surface area contributed by atoms with Crippen molar-refractivity contribution in [1.82, 2.24) is 24.5 Å². The number of rotatable bonds is 5. The maximum absolute atomic E-state index is 14.0. The molecule has 4 aliphatic carbocycles. The van der Waals surface area contributed by atoms with Crippen LogP contribution in [-0.4, -0.2) is 30.5 Å². The number of halogens is 2. The lowest BCUT2D eigenvalue weighted by Crippen LogP contribution is -2.60. The van der Waals surface area contributed by atoms with Crippen molar-refractivity contribution in [3.05, 3.63) is 59.1 Å². The summed E-state index contributed by atoms with van der Waals surface area (Å²) >= 11 is 3.37. The Hall–Kier alpha value is -2.55. The summed E-state index contributed by atoms with van der Waals surface area (Å²) < 4.78 is 18.2. The van der Waals surface area contributed by atoms with Crippen molar-refractivity contribution in [2.24, 2.45) is 17.3 Å². The molecule has 1 aromatic carbocycles. The summed E-state index contributed by atoms with van der Waals surface area (Å²) in [4.78, 5) is 17.9. The van der Waals surface area contributed by atoms with Crippen LogP contribution in [0.4, 0.5) is 10.1 Å². The van der Waals surface area contributed by atoms with E-state index in [-0.39, 0.29) is 17.3 Å². The third-order valence-corrected chi connectivity index (χ3v) is 8.01. The topological polar surface area (TPSA) is 77.6 Å². The van der Waals surface area contributed by atoms with Crippen LogP contribution in [0.25, 0.3) is 0 Å². The van der Waals surface area contributed by atoms with Crippen LogP contribution in [0.2, 0.25) is 0 Å². The molecule has 4 fully saturated rings. The highest BCUT2D eigenvalue weighted by molar-refractivity contribution is 9.10. The van der Waals surface area contributed by atoms with Gasteiger partial charge >= 0.3 is 0 Å². The molecule has 7 rings (SSSR count). The number of hydrogen-bond donors (Lipinski definition) is 1. The fraction of sp³-hybridized carbons (Fsp3) is 0.478. The van der Waals surface area contributed by atoms with Gasteiger partial charge in [0.15, 0.2) is 0 Å². The van der Waals surface area contributed by atoms with Crippen molar-refractivity contribution < 1.29 is 9.18 Å². The lowest BCUT2D eigenvalue weighted by Gasteiger charge is -2.60. The van der Waals surface area contributed by atoms with E-state index in [0.717, 1.165) is 32.1 Å². The molecular formula is C23H24BrFN6O. The molecule has 1 N–H and O–H groups in total. The molecule has 4 aliphatic rings. The minimum atomic E-state index is -0.393. The van der Waals surface area contributed by atoms with Gasteiger partial charge in [-0.3, -0.25) is 9.48 Å². The Morgan fingerprint density at radius 3 is 2.72 bits per heavy atom. The van der Waals surface area contributed by atoms with E-state index < -0.39 is 5.41 Å². The van der Waals surface area contributed by atoms with Gasteiger partial charge in [0.1, 0.15) is 12.1 Å². The monoisotopic (exact) mass is 498 g/mol. The second kappa shape index (κ2) is 7.23. The number of amides is 1. The van der Waals surface area contributed by atoms with Crippen LogP contribution in [0, 0.1) is 23.1 Å². The molecule has 0 radical (unpaired) electrons. The Kier molecular flexibility index (Phi) is 4.54. The minimum absolute atomic E-state index is 0.0700. The Labute approximate surface area is 193 Å². The molecule has 9 heteroatoms. The quantitative estimate of drug-likeness (QED) is 0.566. The average Bonchev–Trinajstić information content (AvgIpc) is 3.38. The van der Waals surface area contributed by atoms with Gasteiger partial charge in [0.2, 0.25) is 10.6 Å². The number of carbonyl (C=O) groups is 1. The standard InChI is InChI=1S/C23H24BrFN6O/c24-21-26-14-31(29-21)23-8-15-5-16(9-23)7-22(6-15,13-23)20(32)28-18-10-27-30(12-18)11-17-3-1-2-4-19(17)25/h1-4,10,12,14-16H,5-9,11,13H2,(H,28,32). The van der Waals surface area contributed by atoms with Gasteiger partial charge in [-0.1, -0.05) is 18.2 Å². The van der Waals surface area contributed by atoms with E-state index in [9.17, 15) is 9.18 Å². The number of nitrogens with one attached hydrogen (secondary N) is 1. The van der Waals surface area contributed by atoms with Gasteiger partial charge in [-0.2, -0.15) is 5.10 Å². The van der Waals surface area contributed by atoms with Crippen molar-refractivity contribution in [2.75, 3.05) is 5.32 Å². The van der Waals surface area contributed by atoms with E-state index in [1.807, 2.05) is 4.68 Å². The molecule has 166 valence electrons.